The van der Waals surface area contributed by atoms with Gasteiger partial charge in [-0.1, -0.05) is 43.0 Å². The highest BCUT2D eigenvalue weighted by Crippen LogP contribution is 2.53. The summed E-state index contributed by atoms with van der Waals surface area (Å²) in [4.78, 5) is 38.5. The number of para-hydroxylation sites is 1. The number of nitrogens with one attached hydrogen (secondary N) is 2. The van der Waals surface area contributed by atoms with E-state index >= 15 is 4.57 Å². The third-order valence-corrected chi connectivity index (χ3v) is 10.8. The molecule has 3 heterocycles. The van der Waals surface area contributed by atoms with Crippen molar-refractivity contribution in [2.24, 2.45) is 5.92 Å². The van der Waals surface area contributed by atoms with Crippen LogP contribution in [-0.2, 0) is 14.1 Å². The molecular weight excluding hydrogens is 635 g/mol. The zero-order valence-corrected chi connectivity index (χ0v) is 27.5. The van der Waals surface area contributed by atoms with Gasteiger partial charge in [0, 0.05) is 28.4 Å². The Hall–Kier alpha value is -5.19. The molecule has 238 valence electrons. The first-order valence-electron chi connectivity index (χ1n) is 14.7. The van der Waals surface area contributed by atoms with E-state index in [1.54, 1.807) is 44.4 Å². The van der Waals surface area contributed by atoms with Gasteiger partial charge in [-0.3, -0.25) is 19.1 Å². The van der Waals surface area contributed by atoms with Crippen molar-refractivity contribution in [2.75, 3.05) is 20.3 Å². The van der Waals surface area contributed by atoms with E-state index in [4.69, 9.17) is 14.4 Å². The number of hydrogen-bond donors (Lipinski definition) is 2. The van der Waals surface area contributed by atoms with Crippen LogP contribution in [0.2, 0.25) is 0 Å². The van der Waals surface area contributed by atoms with Crippen molar-refractivity contribution in [3.8, 4) is 5.75 Å². The van der Waals surface area contributed by atoms with Crippen LogP contribution in [-0.4, -0.2) is 56.7 Å². The van der Waals surface area contributed by atoms with E-state index < -0.39 is 19.4 Å². The lowest BCUT2D eigenvalue weighted by atomic mass is 10.2. The molecule has 0 bridgehead atoms. The van der Waals surface area contributed by atoms with Crippen LogP contribution in [0.1, 0.15) is 28.7 Å². The highest BCUT2D eigenvalue weighted by Gasteiger charge is 2.36. The molecule has 2 N–H and O–H groups in total. The first-order chi connectivity index (χ1) is 22.8. The van der Waals surface area contributed by atoms with Crippen molar-refractivity contribution in [1.29, 1.82) is 0 Å². The summed E-state index contributed by atoms with van der Waals surface area (Å²) in [5.74, 6) is -1.24. The van der Waals surface area contributed by atoms with Gasteiger partial charge in [0.1, 0.15) is 5.52 Å². The quantitative estimate of drug-likeness (QED) is 0.111. The largest absolute Gasteiger partial charge is 0.469 e. The number of pyridine rings is 1. The summed E-state index contributed by atoms with van der Waals surface area (Å²) in [5.41, 5.74) is 3.49. The third kappa shape index (κ3) is 6.70. The van der Waals surface area contributed by atoms with Gasteiger partial charge in [-0.2, -0.15) is 9.55 Å². The van der Waals surface area contributed by atoms with E-state index in [0.29, 0.717) is 33.2 Å². The van der Waals surface area contributed by atoms with Gasteiger partial charge in [-0.05, 0) is 66.7 Å². The minimum Gasteiger partial charge on any atom is -0.469 e. The van der Waals surface area contributed by atoms with E-state index in [2.05, 4.69) is 20.3 Å². The molecule has 6 aromatic rings. The van der Waals surface area contributed by atoms with Crippen LogP contribution in [0.25, 0.3) is 34.1 Å². The molecule has 13 heteroatoms. The second-order valence-electron chi connectivity index (χ2n) is 10.6. The molecule has 0 saturated carbocycles. The van der Waals surface area contributed by atoms with Gasteiger partial charge in [0.15, 0.2) is 5.75 Å². The highest BCUT2D eigenvalue weighted by molar-refractivity contribution is 7.99. The molecular formula is C34H31N6O5PS. The Labute approximate surface area is 274 Å². The number of benzene rings is 3. The number of methoxy groups -OCH3 is 1. The van der Waals surface area contributed by atoms with Crippen molar-refractivity contribution in [1.82, 2.24) is 29.8 Å². The Morgan fingerprint density at radius 3 is 2.66 bits per heavy atom. The number of imidazole rings is 1. The molecule has 1 amide bonds. The lowest BCUT2D eigenvalue weighted by Crippen LogP contribution is -2.21. The summed E-state index contributed by atoms with van der Waals surface area (Å²) >= 11 is 1.39. The number of H-pyrrole nitrogens is 1. The molecule has 0 spiro atoms. The Balaban J connectivity index is 1.52. The van der Waals surface area contributed by atoms with Crippen LogP contribution >= 0.6 is 19.3 Å². The van der Waals surface area contributed by atoms with E-state index in [0.717, 1.165) is 15.5 Å². The topological polar surface area (TPSA) is 141 Å². The third-order valence-electron chi connectivity index (χ3n) is 7.40. The van der Waals surface area contributed by atoms with Crippen molar-refractivity contribution in [3.05, 3.63) is 108 Å². The molecule has 3 aromatic carbocycles. The number of nitrogens with zero attached hydrogens (tertiary/aromatic N) is 4. The van der Waals surface area contributed by atoms with Crippen molar-refractivity contribution >= 4 is 65.2 Å². The van der Waals surface area contributed by atoms with Gasteiger partial charge < -0.3 is 19.6 Å². The summed E-state index contributed by atoms with van der Waals surface area (Å²) in [5, 5.41) is 8.23. The molecule has 6 rings (SSSR count). The van der Waals surface area contributed by atoms with E-state index in [-0.39, 0.29) is 17.8 Å². The van der Waals surface area contributed by atoms with E-state index in [9.17, 15) is 9.59 Å². The van der Waals surface area contributed by atoms with Crippen LogP contribution in [0.5, 0.6) is 5.75 Å². The lowest BCUT2D eigenvalue weighted by molar-refractivity contribution is -0.144. The Morgan fingerprint density at radius 1 is 1.04 bits per heavy atom. The number of hydrogen-bond acceptors (Lipinski definition) is 9. The molecule has 0 saturated heterocycles. The molecule has 0 aliphatic heterocycles. The van der Waals surface area contributed by atoms with E-state index in [1.165, 1.54) is 29.7 Å². The molecule has 0 aliphatic carbocycles. The first-order valence-corrected chi connectivity index (χ1v) is 17.3. The monoisotopic (exact) mass is 666 g/mol. The summed E-state index contributed by atoms with van der Waals surface area (Å²) in [6.07, 6.45) is 6.66. The minimum atomic E-state index is -4.02. The zero-order chi connectivity index (χ0) is 33.0. The number of esters is 1. The number of carbonyl (C=O) groups excluding carboxylic acids is 2. The highest BCUT2D eigenvalue weighted by atomic mass is 32.2. The second kappa shape index (κ2) is 13.7. The Morgan fingerprint density at radius 2 is 1.87 bits per heavy atom. The normalized spacial score (nSPS) is 13.4. The number of aromatic amines is 1. The van der Waals surface area contributed by atoms with Crippen molar-refractivity contribution in [3.63, 3.8) is 0 Å². The molecule has 0 aliphatic rings. The maximum absolute atomic E-state index is 15.3. The molecule has 2 atom stereocenters. The van der Waals surface area contributed by atoms with Gasteiger partial charge in [0.25, 0.3) is 5.91 Å². The van der Waals surface area contributed by atoms with Crippen LogP contribution < -0.4 is 9.84 Å². The van der Waals surface area contributed by atoms with Crippen molar-refractivity contribution < 1.29 is 23.4 Å². The van der Waals surface area contributed by atoms with Gasteiger partial charge in [0.2, 0.25) is 0 Å². The number of aromatic nitrogens is 5. The van der Waals surface area contributed by atoms with Gasteiger partial charge in [0.05, 0.1) is 53.5 Å². The number of fused-ring (bicyclic) bond motifs is 2. The molecule has 1 unspecified atom stereocenters. The molecule has 3 aromatic heterocycles. The summed E-state index contributed by atoms with van der Waals surface area (Å²) in [6, 6.07) is 23.8. The number of rotatable bonds is 11. The van der Waals surface area contributed by atoms with Crippen LogP contribution in [0, 0.1) is 5.92 Å². The zero-order valence-electron chi connectivity index (χ0n) is 25.8. The smallest absolute Gasteiger partial charge is 0.364 e. The maximum Gasteiger partial charge on any atom is 0.364 e. The van der Waals surface area contributed by atoms with Gasteiger partial charge in [-0.25, -0.2) is 4.98 Å². The average molecular weight is 667 g/mol. The van der Waals surface area contributed by atoms with Crippen LogP contribution in [0.15, 0.2) is 101 Å². The lowest BCUT2D eigenvalue weighted by Gasteiger charge is -2.23. The fourth-order valence-corrected chi connectivity index (χ4v) is 8.41. The summed E-state index contributed by atoms with van der Waals surface area (Å²) in [7, 11) is -1.14. The van der Waals surface area contributed by atoms with E-state index in [1.807, 2.05) is 66.7 Å². The van der Waals surface area contributed by atoms with Crippen LogP contribution in [0.4, 0.5) is 0 Å². The maximum atomic E-state index is 15.3. The second-order valence-corrected chi connectivity index (χ2v) is 13.9. The van der Waals surface area contributed by atoms with Crippen LogP contribution in [0.3, 0.4) is 0 Å². The fourth-order valence-electron chi connectivity index (χ4n) is 5.11. The molecule has 0 radical (unpaired) electrons. The van der Waals surface area contributed by atoms with Gasteiger partial charge in [-0.15, -0.1) is 0 Å². The van der Waals surface area contributed by atoms with Crippen molar-refractivity contribution in [2.45, 2.75) is 16.7 Å². The summed E-state index contributed by atoms with van der Waals surface area (Å²) < 4.78 is 28.1. The summed E-state index contributed by atoms with van der Waals surface area (Å²) in [6.45, 7) is 1.64. The minimum absolute atomic E-state index is 0.197. The fraction of sp³-hybridized carbons (Fsp3) is 0.147. The number of amides is 1. The predicted molar refractivity (Wildman–Crippen MR) is 183 cm³/mol. The number of ether oxygens (including phenoxy) is 1. The molecule has 0 fully saturated rings. The standard InChI is InChI=1S/C34H31N6O5PS/c1-22(34(42)44-3)20-46(43,45-30-12-8-11-28-32(30)38-21-37-28)40-29-19-24(47-31-13-5-4-10-26(31)33(41)35-2)15-16-25(29)27(39-40)17-14-23-9-6-7-18-36-23/h4-19,21-22H,20H2,1-3H3,(H,35,41)(H,37,38)/b17-14+/t22-,46?/m1/s1. The SMILES string of the molecule is CNC(=O)c1ccccc1Sc1ccc2c(/C=C/c3ccccn3)nn(P(=O)(C[C@@H](C)C(=O)OC)Oc3cccc4[nH]cnc34)c2c1. The first kappa shape index (κ1) is 31.8. The number of carbonyl (C=O) groups is 2. The molecule has 47 heavy (non-hydrogen) atoms. The van der Waals surface area contributed by atoms with Gasteiger partial charge >= 0.3 is 13.5 Å². The predicted octanol–water partition coefficient (Wildman–Crippen LogP) is 6.92. The average Bonchev–Trinajstić information content (AvgIpc) is 3.73. The Kier molecular flexibility index (Phi) is 9.24. The molecule has 11 nitrogen and oxygen atoms in total. The Bertz CT molecular complexity index is 2160.